The van der Waals surface area contributed by atoms with Crippen LogP contribution in [0.2, 0.25) is 0 Å². The van der Waals surface area contributed by atoms with Crippen molar-refractivity contribution in [1.82, 2.24) is 9.80 Å². The first-order chi connectivity index (χ1) is 22.1. The van der Waals surface area contributed by atoms with Crippen LogP contribution in [0.1, 0.15) is 99.3 Å². The normalized spacial score (nSPS) is 15.8. The van der Waals surface area contributed by atoms with Crippen molar-refractivity contribution in [3.8, 4) is 0 Å². The predicted octanol–water partition coefficient (Wildman–Crippen LogP) is 2.40. The minimum Gasteiger partial charge on any atom is -0.396 e. The molecule has 0 aromatic heterocycles. The summed E-state index contributed by atoms with van der Waals surface area (Å²) in [7, 11) is 0. The van der Waals surface area contributed by atoms with E-state index in [2.05, 4.69) is 27.7 Å². The molecular formula is C34H74N2O10. The lowest BCUT2D eigenvalue weighted by Gasteiger charge is -2.32. The highest BCUT2D eigenvalue weighted by molar-refractivity contribution is 4.74. The van der Waals surface area contributed by atoms with Gasteiger partial charge in [-0.25, -0.2) is 0 Å². The number of aliphatic hydroxyl groups excluding tert-OH is 6. The molecule has 0 saturated carbocycles. The van der Waals surface area contributed by atoms with Crippen LogP contribution in [0.15, 0.2) is 0 Å². The first-order valence-electron chi connectivity index (χ1n) is 17.9. The van der Waals surface area contributed by atoms with Gasteiger partial charge in [0.2, 0.25) is 0 Å². The Balaban J connectivity index is 0. The van der Waals surface area contributed by atoms with E-state index in [1.54, 1.807) is 11.8 Å². The predicted molar refractivity (Wildman–Crippen MR) is 183 cm³/mol. The Morgan fingerprint density at radius 2 is 0.761 bits per heavy atom. The zero-order chi connectivity index (χ0) is 35.0. The van der Waals surface area contributed by atoms with Gasteiger partial charge in [-0.1, -0.05) is 53.4 Å². The van der Waals surface area contributed by atoms with Crippen molar-refractivity contribution in [3.63, 3.8) is 0 Å². The van der Waals surface area contributed by atoms with Crippen molar-refractivity contribution in [2.45, 2.75) is 136 Å². The van der Waals surface area contributed by atoms with Crippen LogP contribution in [0.3, 0.4) is 0 Å². The Hall–Kier alpha value is -0.480. The van der Waals surface area contributed by atoms with Crippen molar-refractivity contribution < 1.29 is 49.6 Å². The Labute approximate surface area is 281 Å². The summed E-state index contributed by atoms with van der Waals surface area (Å²) in [5, 5.41) is 59.1. The summed E-state index contributed by atoms with van der Waals surface area (Å²) in [6.45, 7) is 17.1. The summed E-state index contributed by atoms with van der Waals surface area (Å²) < 4.78 is 21.7. The molecule has 0 aliphatic heterocycles. The maximum atomic E-state index is 10.2. The Morgan fingerprint density at radius 1 is 0.478 bits per heavy atom. The highest BCUT2D eigenvalue weighted by atomic mass is 16.5. The lowest BCUT2D eigenvalue weighted by molar-refractivity contribution is -0.0628. The van der Waals surface area contributed by atoms with Gasteiger partial charge in [0.15, 0.2) is 0 Å². The van der Waals surface area contributed by atoms with E-state index in [9.17, 15) is 25.5 Å². The fraction of sp³-hybridized carbons (Fsp3) is 1.00. The van der Waals surface area contributed by atoms with E-state index >= 15 is 0 Å². The SMILES string of the molecule is CCCCOCC(O)CN(CC(O)COCCCC)C(C)CCO.CCCCOCC(O)CN(CC(O)COCCCC)C(C)O. The van der Waals surface area contributed by atoms with E-state index in [-0.39, 0.29) is 39.0 Å². The minimum atomic E-state index is -0.740. The Morgan fingerprint density at radius 3 is 1.00 bits per heavy atom. The van der Waals surface area contributed by atoms with Crippen LogP contribution in [0.25, 0.3) is 0 Å². The van der Waals surface area contributed by atoms with Gasteiger partial charge in [0.25, 0.3) is 0 Å². The molecule has 0 aliphatic carbocycles. The summed E-state index contributed by atoms with van der Waals surface area (Å²) in [5.74, 6) is 0. The maximum absolute atomic E-state index is 10.2. The number of nitrogens with zero attached hydrogens (tertiary/aromatic N) is 2. The molecule has 12 heteroatoms. The standard InChI is InChI=1S/C18H39NO5.C16H35NO5/c1-4-6-10-23-14-17(21)12-19(16(3)8-9-20)13-18(22)15-24-11-7-5-2;1-4-6-8-21-12-15(19)10-17(14(3)18)11-16(20)13-22-9-7-5-2/h16-18,20-22H,4-15H2,1-3H3;14-16,18-20H,4-13H2,1-3H3. The topological polar surface area (TPSA) is 165 Å². The van der Waals surface area contributed by atoms with Crippen LogP contribution in [0.5, 0.6) is 0 Å². The average molecular weight is 671 g/mol. The van der Waals surface area contributed by atoms with Crippen LogP contribution < -0.4 is 0 Å². The smallest absolute Gasteiger partial charge is 0.104 e. The lowest BCUT2D eigenvalue weighted by Crippen LogP contribution is -2.45. The van der Waals surface area contributed by atoms with Crippen LogP contribution in [-0.4, -0.2) is 163 Å². The second kappa shape index (κ2) is 34.4. The molecule has 0 spiro atoms. The first kappa shape index (κ1) is 47.6. The van der Waals surface area contributed by atoms with Crippen molar-refractivity contribution >= 4 is 0 Å². The summed E-state index contributed by atoms with van der Waals surface area (Å²) in [5.41, 5.74) is 0. The fourth-order valence-corrected chi connectivity index (χ4v) is 4.34. The maximum Gasteiger partial charge on any atom is 0.104 e. The molecule has 280 valence electrons. The summed E-state index contributed by atoms with van der Waals surface area (Å²) in [4.78, 5) is 3.62. The molecule has 0 rings (SSSR count). The van der Waals surface area contributed by atoms with Gasteiger partial charge in [-0.05, 0) is 46.0 Å². The Bertz CT molecular complexity index is 568. The van der Waals surface area contributed by atoms with E-state index in [0.29, 0.717) is 59.2 Å². The third-order valence-electron chi connectivity index (χ3n) is 7.29. The minimum absolute atomic E-state index is 0.0746. The third-order valence-corrected chi connectivity index (χ3v) is 7.29. The van der Waals surface area contributed by atoms with Crippen molar-refractivity contribution in [3.05, 3.63) is 0 Å². The summed E-state index contributed by atoms with van der Waals surface area (Å²) in [6.07, 6.45) is 5.48. The molecule has 0 bridgehead atoms. The molecule has 0 aliphatic rings. The van der Waals surface area contributed by atoms with Gasteiger partial charge >= 0.3 is 0 Å². The molecular weight excluding hydrogens is 596 g/mol. The molecule has 0 aromatic rings. The van der Waals surface area contributed by atoms with E-state index in [4.69, 9.17) is 24.1 Å². The lowest BCUT2D eigenvalue weighted by atomic mass is 10.1. The van der Waals surface area contributed by atoms with Crippen molar-refractivity contribution in [1.29, 1.82) is 0 Å². The van der Waals surface area contributed by atoms with Gasteiger partial charge in [0.1, 0.15) is 6.23 Å². The van der Waals surface area contributed by atoms with Gasteiger partial charge in [-0.3, -0.25) is 9.80 Å². The van der Waals surface area contributed by atoms with Crippen LogP contribution >= 0.6 is 0 Å². The molecule has 12 nitrogen and oxygen atoms in total. The second-order valence-electron chi connectivity index (χ2n) is 12.2. The summed E-state index contributed by atoms with van der Waals surface area (Å²) >= 11 is 0. The zero-order valence-corrected chi connectivity index (χ0v) is 30.2. The molecule has 6 atom stereocenters. The second-order valence-corrected chi connectivity index (χ2v) is 12.2. The average Bonchev–Trinajstić information content (AvgIpc) is 3.01. The van der Waals surface area contributed by atoms with Gasteiger partial charge < -0.3 is 49.6 Å². The van der Waals surface area contributed by atoms with E-state index in [0.717, 1.165) is 51.4 Å². The molecule has 0 amide bonds. The van der Waals surface area contributed by atoms with Crippen LogP contribution in [0, 0.1) is 0 Å². The van der Waals surface area contributed by atoms with Gasteiger partial charge in [0.05, 0.1) is 50.8 Å². The fourth-order valence-electron chi connectivity index (χ4n) is 4.34. The summed E-state index contributed by atoms with van der Waals surface area (Å²) in [6, 6.07) is 0.0746. The Kier molecular flexibility index (Phi) is 35.6. The van der Waals surface area contributed by atoms with E-state index < -0.39 is 30.6 Å². The van der Waals surface area contributed by atoms with Crippen molar-refractivity contribution in [2.75, 3.05) is 85.6 Å². The molecule has 6 N–H and O–H groups in total. The largest absolute Gasteiger partial charge is 0.396 e. The van der Waals surface area contributed by atoms with E-state index in [1.807, 2.05) is 11.8 Å². The molecule has 46 heavy (non-hydrogen) atoms. The first-order valence-corrected chi connectivity index (χ1v) is 17.9. The van der Waals surface area contributed by atoms with E-state index in [1.165, 1.54) is 0 Å². The highest BCUT2D eigenvalue weighted by Gasteiger charge is 2.21. The molecule has 0 aromatic carbocycles. The van der Waals surface area contributed by atoms with Crippen molar-refractivity contribution in [2.24, 2.45) is 0 Å². The van der Waals surface area contributed by atoms with Gasteiger partial charge in [-0.15, -0.1) is 0 Å². The number of aliphatic hydroxyl groups is 6. The van der Waals surface area contributed by atoms with Crippen LogP contribution in [-0.2, 0) is 18.9 Å². The number of ether oxygens (including phenoxy) is 4. The highest BCUT2D eigenvalue weighted by Crippen LogP contribution is 2.08. The van der Waals surface area contributed by atoms with Gasteiger partial charge in [0, 0.05) is 65.3 Å². The molecule has 0 heterocycles. The number of rotatable bonds is 32. The molecule has 6 unspecified atom stereocenters. The van der Waals surface area contributed by atoms with Gasteiger partial charge in [-0.2, -0.15) is 0 Å². The quantitative estimate of drug-likeness (QED) is 0.0458. The molecule has 0 radical (unpaired) electrons. The third kappa shape index (κ3) is 30.8. The molecule has 0 saturated heterocycles. The number of hydrogen-bond acceptors (Lipinski definition) is 12. The monoisotopic (exact) mass is 671 g/mol. The number of hydrogen-bond donors (Lipinski definition) is 6. The zero-order valence-electron chi connectivity index (χ0n) is 30.2. The molecule has 0 fully saturated rings. The number of unbranched alkanes of at least 4 members (excludes halogenated alkanes) is 4. The van der Waals surface area contributed by atoms with Crippen LogP contribution in [0.4, 0.5) is 0 Å².